The van der Waals surface area contributed by atoms with E-state index in [-0.39, 0.29) is 11.1 Å². The molecule has 14 heteroatoms. The first-order valence-electron chi connectivity index (χ1n) is 10.1. The Kier molecular flexibility index (Phi) is 5.46. The number of fused-ring (bicyclic) bond motifs is 1. The van der Waals surface area contributed by atoms with Crippen LogP contribution >= 0.6 is 11.6 Å². The van der Waals surface area contributed by atoms with Gasteiger partial charge < -0.3 is 5.32 Å². The summed E-state index contributed by atoms with van der Waals surface area (Å²) in [5.41, 5.74) is 2.09. The maximum absolute atomic E-state index is 13.5. The molecular formula is C19H19ClFN9O2S. The van der Waals surface area contributed by atoms with Gasteiger partial charge in [-0.2, -0.15) is 14.8 Å². The van der Waals surface area contributed by atoms with E-state index < -0.39 is 15.8 Å². The highest BCUT2D eigenvalue weighted by atomic mass is 35.5. The molecular weight excluding hydrogens is 473 g/mol. The molecule has 33 heavy (non-hydrogen) atoms. The van der Waals surface area contributed by atoms with Crippen molar-refractivity contribution in [3.8, 4) is 5.69 Å². The topological polar surface area (TPSA) is 124 Å². The highest BCUT2D eigenvalue weighted by Crippen LogP contribution is 2.26. The normalized spacial score (nSPS) is 15.8. The fourth-order valence-electron chi connectivity index (χ4n) is 3.75. The zero-order chi connectivity index (χ0) is 23.2. The quantitative estimate of drug-likeness (QED) is 0.451. The summed E-state index contributed by atoms with van der Waals surface area (Å²) in [6.07, 6.45) is 7.62. The Morgan fingerprint density at radius 3 is 2.73 bits per heavy atom. The molecule has 11 nitrogen and oxygen atoms in total. The van der Waals surface area contributed by atoms with E-state index in [1.165, 1.54) is 39.6 Å². The highest BCUT2D eigenvalue weighted by molar-refractivity contribution is 7.88. The van der Waals surface area contributed by atoms with Crippen LogP contribution < -0.4 is 5.32 Å². The van der Waals surface area contributed by atoms with Gasteiger partial charge in [0.25, 0.3) is 0 Å². The van der Waals surface area contributed by atoms with E-state index in [2.05, 4.69) is 30.7 Å². The fourth-order valence-corrected chi connectivity index (χ4v) is 4.80. The van der Waals surface area contributed by atoms with Crippen LogP contribution in [0.15, 0.2) is 36.8 Å². The summed E-state index contributed by atoms with van der Waals surface area (Å²) >= 11 is 5.89. The van der Waals surface area contributed by atoms with Crippen LogP contribution in [0.5, 0.6) is 0 Å². The number of halogens is 2. The maximum Gasteiger partial charge on any atom is 0.229 e. The summed E-state index contributed by atoms with van der Waals surface area (Å²) in [6.45, 7) is 0.937. The molecule has 0 aliphatic carbocycles. The molecule has 0 atom stereocenters. The highest BCUT2D eigenvalue weighted by Gasteiger charge is 2.26. The van der Waals surface area contributed by atoms with Gasteiger partial charge in [-0.3, -0.25) is 4.68 Å². The molecule has 0 unspecified atom stereocenters. The van der Waals surface area contributed by atoms with Crippen molar-refractivity contribution in [1.82, 2.24) is 39.0 Å². The third-order valence-corrected chi connectivity index (χ3v) is 7.06. The third kappa shape index (κ3) is 4.38. The lowest BCUT2D eigenvalue weighted by molar-refractivity contribution is 0.262. The number of anilines is 2. The summed E-state index contributed by atoms with van der Waals surface area (Å²) in [5.74, 6) is -0.216. The van der Waals surface area contributed by atoms with Gasteiger partial charge in [-0.05, 0) is 31.0 Å². The van der Waals surface area contributed by atoms with Gasteiger partial charge in [0.05, 0.1) is 41.1 Å². The van der Waals surface area contributed by atoms with Crippen molar-refractivity contribution in [2.75, 3.05) is 24.7 Å². The van der Waals surface area contributed by atoms with E-state index in [4.69, 9.17) is 11.6 Å². The molecule has 5 rings (SSSR count). The van der Waals surface area contributed by atoms with Crippen molar-refractivity contribution in [3.05, 3.63) is 47.6 Å². The molecule has 0 saturated carbocycles. The van der Waals surface area contributed by atoms with Gasteiger partial charge in [-0.1, -0.05) is 16.8 Å². The average Bonchev–Trinajstić information content (AvgIpc) is 3.42. The van der Waals surface area contributed by atoms with E-state index in [0.717, 1.165) is 0 Å². The molecule has 1 saturated heterocycles. The molecule has 4 aromatic rings. The van der Waals surface area contributed by atoms with E-state index in [1.54, 1.807) is 6.20 Å². The summed E-state index contributed by atoms with van der Waals surface area (Å²) in [4.78, 5) is 8.75. The van der Waals surface area contributed by atoms with Crippen LogP contribution in [0.3, 0.4) is 0 Å². The van der Waals surface area contributed by atoms with Gasteiger partial charge in [0.1, 0.15) is 5.82 Å². The minimum atomic E-state index is -3.17. The molecule has 1 fully saturated rings. The SMILES string of the molecule is CS(=O)(=O)N1CCC(n2cc(Nc3ncc4nnn(-c5ccc(F)c(Cl)c5)c4n3)cn2)CC1. The molecule has 3 aromatic heterocycles. The molecule has 1 aromatic carbocycles. The van der Waals surface area contributed by atoms with Crippen LogP contribution in [0, 0.1) is 5.82 Å². The first-order valence-corrected chi connectivity index (χ1v) is 12.3. The molecule has 0 radical (unpaired) electrons. The Morgan fingerprint density at radius 2 is 2.00 bits per heavy atom. The van der Waals surface area contributed by atoms with Crippen molar-refractivity contribution >= 4 is 44.4 Å². The van der Waals surface area contributed by atoms with Gasteiger partial charge >= 0.3 is 0 Å². The van der Waals surface area contributed by atoms with Crippen LogP contribution in [0.4, 0.5) is 16.0 Å². The number of aromatic nitrogens is 7. The summed E-state index contributed by atoms with van der Waals surface area (Å²) in [6, 6.07) is 4.33. The lowest BCUT2D eigenvalue weighted by atomic mass is 10.1. The third-order valence-electron chi connectivity index (χ3n) is 5.46. The predicted molar refractivity (Wildman–Crippen MR) is 120 cm³/mol. The number of nitrogens with one attached hydrogen (secondary N) is 1. The van der Waals surface area contributed by atoms with Crippen molar-refractivity contribution < 1.29 is 12.8 Å². The summed E-state index contributed by atoms with van der Waals surface area (Å²) in [5, 5.41) is 15.6. The van der Waals surface area contributed by atoms with Crippen LogP contribution in [0.25, 0.3) is 16.9 Å². The fraction of sp³-hybridized carbons (Fsp3) is 0.316. The number of piperidine rings is 1. The lowest BCUT2D eigenvalue weighted by Gasteiger charge is -2.30. The van der Waals surface area contributed by atoms with Crippen molar-refractivity contribution in [2.24, 2.45) is 0 Å². The number of rotatable bonds is 5. The molecule has 172 valence electrons. The Balaban J connectivity index is 1.34. The Bertz CT molecular complexity index is 1430. The monoisotopic (exact) mass is 491 g/mol. The number of hydrogen-bond donors (Lipinski definition) is 1. The first-order chi connectivity index (χ1) is 15.8. The summed E-state index contributed by atoms with van der Waals surface area (Å²) in [7, 11) is -3.17. The molecule has 0 amide bonds. The second-order valence-corrected chi connectivity index (χ2v) is 10.1. The van der Waals surface area contributed by atoms with Crippen LogP contribution in [-0.4, -0.2) is 66.8 Å². The number of nitrogens with zero attached hydrogens (tertiary/aromatic N) is 8. The standard InChI is InChI=1S/C19H19ClFN9O2S/c1-33(31,32)28-6-4-13(5-7-28)29-11-12(9-23-29)24-19-22-10-17-18(25-19)30(27-26-17)14-2-3-16(21)15(20)8-14/h2-3,8-11,13H,4-7H2,1H3,(H,22,24,25). The smallest absolute Gasteiger partial charge is 0.229 e. The van der Waals surface area contributed by atoms with Crippen molar-refractivity contribution in [3.63, 3.8) is 0 Å². The molecule has 4 heterocycles. The molecule has 1 aliphatic heterocycles. The zero-order valence-electron chi connectivity index (χ0n) is 17.4. The van der Waals surface area contributed by atoms with Gasteiger partial charge in [-0.25, -0.2) is 22.1 Å². The molecule has 1 aliphatic rings. The van der Waals surface area contributed by atoms with Gasteiger partial charge in [-0.15, -0.1) is 5.10 Å². The second kappa shape index (κ2) is 8.32. The van der Waals surface area contributed by atoms with Gasteiger partial charge in [0.15, 0.2) is 11.2 Å². The molecule has 1 N–H and O–H groups in total. The Morgan fingerprint density at radius 1 is 1.21 bits per heavy atom. The second-order valence-electron chi connectivity index (χ2n) is 7.73. The zero-order valence-corrected chi connectivity index (χ0v) is 19.0. The number of hydrogen-bond acceptors (Lipinski definition) is 8. The first kappa shape index (κ1) is 21.7. The number of benzene rings is 1. The van der Waals surface area contributed by atoms with Crippen molar-refractivity contribution in [2.45, 2.75) is 18.9 Å². The van der Waals surface area contributed by atoms with E-state index >= 15 is 0 Å². The lowest BCUT2D eigenvalue weighted by Crippen LogP contribution is -2.38. The predicted octanol–water partition coefficient (Wildman–Crippen LogP) is 2.54. The van der Waals surface area contributed by atoms with E-state index in [1.807, 2.05) is 10.9 Å². The van der Waals surface area contributed by atoms with Crippen LogP contribution in [0.2, 0.25) is 5.02 Å². The van der Waals surface area contributed by atoms with Gasteiger partial charge in [0, 0.05) is 19.3 Å². The molecule has 0 spiro atoms. The van der Waals surface area contributed by atoms with Crippen molar-refractivity contribution in [1.29, 1.82) is 0 Å². The minimum Gasteiger partial charge on any atom is -0.321 e. The van der Waals surface area contributed by atoms with Crippen LogP contribution in [-0.2, 0) is 10.0 Å². The molecule has 0 bridgehead atoms. The Hall–Kier alpha value is -3.16. The summed E-state index contributed by atoms with van der Waals surface area (Å²) < 4.78 is 41.7. The van der Waals surface area contributed by atoms with E-state index in [0.29, 0.717) is 54.4 Å². The van der Waals surface area contributed by atoms with E-state index in [9.17, 15) is 12.8 Å². The number of sulfonamides is 1. The maximum atomic E-state index is 13.5. The Labute approximate surface area is 193 Å². The average molecular weight is 492 g/mol. The van der Waals surface area contributed by atoms with Crippen LogP contribution in [0.1, 0.15) is 18.9 Å². The van der Waals surface area contributed by atoms with Gasteiger partial charge in [0.2, 0.25) is 16.0 Å². The minimum absolute atomic E-state index is 0.0293. The largest absolute Gasteiger partial charge is 0.321 e.